The van der Waals surface area contributed by atoms with Gasteiger partial charge in [-0.25, -0.2) is 0 Å². The molecule has 0 nitrogen and oxygen atoms in total. The summed E-state index contributed by atoms with van der Waals surface area (Å²) in [7, 11) is 0. The predicted molar refractivity (Wildman–Crippen MR) is 89.3 cm³/mol. The molecule has 1 atom stereocenters. The van der Waals surface area contributed by atoms with Crippen molar-refractivity contribution in [2.24, 2.45) is 0 Å². The summed E-state index contributed by atoms with van der Waals surface area (Å²) >= 11 is 1.46. The molecular formula is C18H34Sn. The van der Waals surface area contributed by atoms with E-state index < -0.39 is 0 Å². The third-order valence-corrected chi connectivity index (χ3v) is 7.36. The Morgan fingerprint density at radius 2 is 1.58 bits per heavy atom. The summed E-state index contributed by atoms with van der Waals surface area (Å²) < 4.78 is 0.678. The fourth-order valence-corrected chi connectivity index (χ4v) is 5.64. The van der Waals surface area contributed by atoms with Gasteiger partial charge in [0.05, 0.1) is 0 Å². The van der Waals surface area contributed by atoms with Gasteiger partial charge in [0.2, 0.25) is 0 Å². The molecule has 1 aliphatic rings. The normalized spacial score (nSPS) is 24.0. The van der Waals surface area contributed by atoms with Gasteiger partial charge in [-0.1, -0.05) is 0 Å². The summed E-state index contributed by atoms with van der Waals surface area (Å²) in [5.74, 6) is 0. The van der Waals surface area contributed by atoms with Gasteiger partial charge in [-0.2, -0.15) is 0 Å². The van der Waals surface area contributed by atoms with Crippen molar-refractivity contribution in [2.75, 3.05) is 0 Å². The van der Waals surface area contributed by atoms with Gasteiger partial charge in [0.25, 0.3) is 0 Å². The molecule has 2 radical (unpaired) electrons. The van der Waals surface area contributed by atoms with E-state index in [4.69, 9.17) is 0 Å². The molecule has 0 fully saturated rings. The molecule has 0 aromatic carbocycles. The molecule has 0 saturated heterocycles. The summed E-state index contributed by atoms with van der Waals surface area (Å²) in [6.45, 7) is 7.02. The summed E-state index contributed by atoms with van der Waals surface area (Å²) in [5, 5.41) is 0. The number of hydrogen-bond donors (Lipinski definition) is 0. The summed E-state index contributed by atoms with van der Waals surface area (Å²) in [6.07, 6.45) is 17.1. The number of hydrogen-bond acceptors (Lipinski definition) is 0. The van der Waals surface area contributed by atoms with Crippen molar-refractivity contribution in [1.82, 2.24) is 0 Å². The molecule has 1 aliphatic carbocycles. The van der Waals surface area contributed by atoms with E-state index in [2.05, 4.69) is 20.8 Å². The SMILES string of the molecule is CCCCC1=C(CCCC)[C]([SnH])(CCCC)CCC1. The second-order valence-corrected chi connectivity index (χ2v) is 9.56. The fourth-order valence-electron chi connectivity index (χ4n) is 3.48. The molecule has 0 bridgehead atoms. The standard InChI is InChI=1S/C18H33.Sn.H/c1-4-7-11-16-13-10-14-17(12-8-5-2)18(16)15-9-6-3;;/h4-15H2,1-3H3;;. The van der Waals surface area contributed by atoms with Crippen molar-refractivity contribution in [1.29, 1.82) is 0 Å². The zero-order chi connectivity index (χ0) is 14.1. The third kappa shape index (κ3) is 5.44. The van der Waals surface area contributed by atoms with Crippen molar-refractivity contribution in [3.63, 3.8) is 0 Å². The molecule has 110 valence electrons. The number of unbranched alkanes of at least 4 members (excludes halogenated alkanes) is 3. The first-order valence-corrected chi connectivity index (χ1v) is 10.3. The van der Waals surface area contributed by atoms with Crippen LogP contribution in [0.1, 0.15) is 97.8 Å². The van der Waals surface area contributed by atoms with Gasteiger partial charge in [0, 0.05) is 0 Å². The fraction of sp³-hybridized carbons (Fsp3) is 0.889. The molecule has 1 heteroatoms. The topological polar surface area (TPSA) is 0 Å². The van der Waals surface area contributed by atoms with Gasteiger partial charge in [0.1, 0.15) is 0 Å². The molecule has 1 rings (SSSR count). The van der Waals surface area contributed by atoms with Gasteiger partial charge in [-0.05, 0) is 0 Å². The Morgan fingerprint density at radius 1 is 0.947 bits per heavy atom. The van der Waals surface area contributed by atoms with E-state index in [9.17, 15) is 0 Å². The van der Waals surface area contributed by atoms with Crippen LogP contribution in [-0.2, 0) is 0 Å². The molecule has 1 unspecified atom stereocenters. The number of rotatable bonds is 9. The Balaban J connectivity index is 2.86. The van der Waals surface area contributed by atoms with Crippen LogP contribution in [0.3, 0.4) is 0 Å². The minimum atomic E-state index is 0.678. The molecule has 0 aliphatic heterocycles. The second-order valence-electron chi connectivity index (χ2n) is 6.40. The van der Waals surface area contributed by atoms with Gasteiger partial charge >= 0.3 is 135 Å². The molecule has 0 aromatic heterocycles. The van der Waals surface area contributed by atoms with E-state index in [1.165, 1.54) is 99.6 Å². The van der Waals surface area contributed by atoms with E-state index >= 15 is 0 Å². The van der Waals surface area contributed by atoms with Crippen LogP contribution < -0.4 is 0 Å². The molecular weight excluding hydrogens is 335 g/mol. The Morgan fingerprint density at radius 3 is 2.21 bits per heavy atom. The van der Waals surface area contributed by atoms with Crippen molar-refractivity contribution in [3.05, 3.63) is 11.1 Å². The zero-order valence-electron chi connectivity index (χ0n) is 13.6. The van der Waals surface area contributed by atoms with Crippen molar-refractivity contribution < 1.29 is 0 Å². The first-order chi connectivity index (χ1) is 9.18. The van der Waals surface area contributed by atoms with Gasteiger partial charge in [-0.15, -0.1) is 0 Å². The molecule has 0 N–H and O–H groups in total. The summed E-state index contributed by atoms with van der Waals surface area (Å²) in [4.78, 5) is 0. The maximum absolute atomic E-state index is 2.35. The average molecular weight is 369 g/mol. The maximum atomic E-state index is 2.35. The van der Waals surface area contributed by atoms with Gasteiger partial charge in [0.15, 0.2) is 0 Å². The number of allylic oxidation sites excluding steroid dienone is 2. The Kier molecular flexibility index (Phi) is 8.77. The van der Waals surface area contributed by atoms with Crippen molar-refractivity contribution >= 4 is 22.5 Å². The van der Waals surface area contributed by atoms with E-state index in [0.717, 1.165) is 0 Å². The molecule has 0 saturated carbocycles. The summed E-state index contributed by atoms with van der Waals surface area (Å²) in [6, 6.07) is 0. The van der Waals surface area contributed by atoms with Crippen molar-refractivity contribution in [2.45, 2.75) is 101 Å². The van der Waals surface area contributed by atoms with Crippen LogP contribution in [0.15, 0.2) is 11.1 Å². The van der Waals surface area contributed by atoms with Gasteiger partial charge in [-0.3, -0.25) is 0 Å². The zero-order valence-corrected chi connectivity index (χ0v) is 16.9. The van der Waals surface area contributed by atoms with Crippen LogP contribution in [0.25, 0.3) is 0 Å². The van der Waals surface area contributed by atoms with Gasteiger partial charge < -0.3 is 0 Å². The molecule has 0 amide bonds. The van der Waals surface area contributed by atoms with Crippen LogP contribution >= 0.6 is 0 Å². The molecule has 0 heterocycles. The Labute approximate surface area is 134 Å². The van der Waals surface area contributed by atoms with Crippen LogP contribution in [0.2, 0.25) is 3.43 Å². The first kappa shape index (κ1) is 17.6. The van der Waals surface area contributed by atoms with Crippen LogP contribution in [0.4, 0.5) is 0 Å². The van der Waals surface area contributed by atoms with E-state index in [1.54, 1.807) is 0 Å². The van der Waals surface area contributed by atoms with Crippen LogP contribution in [0, 0.1) is 0 Å². The summed E-state index contributed by atoms with van der Waals surface area (Å²) in [5.41, 5.74) is 3.84. The quantitative estimate of drug-likeness (QED) is 0.340. The minimum absolute atomic E-state index is 0.678. The van der Waals surface area contributed by atoms with Crippen LogP contribution in [-0.4, -0.2) is 22.5 Å². The Bertz CT molecular complexity index is 279. The molecule has 0 aromatic rings. The average Bonchev–Trinajstić information content (AvgIpc) is 2.42. The molecule has 19 heavy (non-hydrogen) atoms. The third-order valence-electron chi connectivity index (χ3n) is 4.72. The van der Waals surface area contributed by atoms with E-state index in [1.807, 2.05) is 11.1 Å². The van der Waals surface area contributed by atoms with Crippen LogP contribution in [0.5, 0.6) is 0 Å². The van der Waals surface area contributed by atoms with E-state index in [-0.39, 0.29) is 0 Å². The monoisotopic (exact) mass is 370 g/mol. The first-order valence-electron chi connectivity index (χ1n) is 8.68. The van der Waals surface area contributed by atoms with E-state index in [0.29, 0.717) is 3.43 Å². The second kappa shape index (κ2) is 9.47. The van der Waals surface area contributed by atoms with Crippen molar-refractivity contribution in [3.8, 4) is 0 Å². The predicted octanol–water partition coefficient (Wildman–Crippen LogP) is 6.10. The molecule has 0 spiro atoms. The Hall–Kier alpha value is 0.539.